The Bertz CT molecular complexity index is 570. The van der Waals surface area contributed by atoms with Crippen molar-refractivity contribution < 1.29 is 14.2 Å². The summed E-state index contributed by atoms with van der Waals surface area (Å²) in [5, 5.41) is 9.69. The summed E-state index contributed by atoms with van der Waals surface area (Å²) in [6.45, 7) is 1.45. The third kappa shape index (κ3) is 2.63. The summed E-state index contributed by atoms with van der Waals surface area (Å²) >= 11 is 5.88. The first-order valence-electron chi connectivity index (χ1n) is 5.44. The first-order chi connectivity index (χ1) is 8.61. The molecule has 0 aromatic heterocycles. The number of hydrogen-bond acceptors (Lipinski definition) is 2. The molecule has 1 N–H and O–H groups in total. The molecule has 94 valence electrons. The second-order valence-electron chi connectivity index (χ2n) is 3.89. The Balaban J connectivity index is 2.40. The minimum absolute atomic E-state index is 0.136. The van der Waals surface area contributed by atoms with Gasteiger partial charge in [0, 0.05) is 5.02 Å². The lowest BCUT2D eigenvalue weighted by Gasteiger charge is -2.12. The molecular weight excluding hydrogens is 255 g/mol. The van der Waals surface area contributed by atoms with Crippen molar-refractivity contribution in [1.82, 2.24) is 0 Å². The third-order valence-corrected chi connectivity index (χ3v) is 2.84. The maximum Gasteiger partial charge on any atom is 0.135 e. The van der Waals surface area contributed by atoms with Gasteiger partial charge in [0.25, 0.3) is 0 Å². The van der Waals surface area contributed by atoms with Gasteiger partial charge in [-0.25, -0.2) is 4.39 Å². The first-order valence-corrected chi connectivity index (χ1v) is 5.82. The highest BCUT2D eigenvalue weighted by Crippen LogP contribution is 2.31. The van der Waals surface area contributed by atoms with Crippen LogP contribution in [0.15, 0.2) is 36.4 Å². The standard InChI is InChI=1S/C14H12ClFO2/c1-9-5-6-10(15)7-14(9)18-13-4-2-3-12(16)11(13)8-17/h2-7,17H,8H2,1H3. The van der Waals surface area contributed by atoms with Crippen LogP contribution in [0.25, 0.3) is 0 Å². The van der Waals surface area contributed by atoms with E-state index >= 15 is 0 Å². The third-order valence-electron chi connectivity index (χ3n) is 2.60. The van der Waals surface area contributed by atoms with Crippen molar-refractivity contribution in [2.45, 2.75) is 13.5 Å². The van der Waals surface area contributed by atoms with Crippen LogP contribution in [-0.2, 0) is 6.61 Å². The molecule has 2 aromatic carbocycles. The molecule has 0 amide bonds. The number of aliphatic hydroxyl groups is 1. The summed E-state index contributed by atoms with van der Waals surface area (Å²) in [4.78, 5) is 0. The van der Waals surface area contributed by atoms with Crippen molar-refractivity contribution in [1.29, 1.82) is 0 Å². The molecule has 2 nitrogen and oxygen atoms in total. The van der Waals surface area contributed by atoms with E-state index in [0.29, 0.717) is 16.5 Å². The van der Waals surface area contributed by atoms with Crippen molar-refractivity contribution in [2.24, 2.45) is 0 Å². The first kappa shape index (κ1) is 12.9. The van der Waals surface area contributed by atoms with Gasteiger partial charge in [0.1, 0.15) is 17.3 Å². The van der Waals surface area contributed by atoms with Crippen LogP contribution in [0.4, 0.5) is 4.39 Å². The topological polar surface area (TPSA) is 29.5 Å². The van der Waals surface area contributed by atoms with Crippen LogP contribution in [-0.4, -0.2) is 5.11 Å². The van der Waals surface area contributed by atoms with E-state index in [4.69, 9.17) is 21.4 Å². The molecule has 0 bridgehead atoms. The van der Waals surface area contributed by atoms with Crippen molar-refractivity contribution in [3.63, 3.8) is 0 Å². The van der Waals surface area contributed by atoms with Crippen LogP contribution in [0.2, 0.25) is 5.02 Å². The minimum Gasteiger partial charge on any atom is -0.457 e. The quantitative estimate of drug-likeness (QED) is 0.907. The van der Waals surface area contributed by atoms with Crippen molar-refractivity contribution >= 4 is 11.6 Å². The smallest absolute Gasteiger partial charge is 0.135 e. The summed E-state index contributed by atoms with van der Waals surface area (Å²) in [5.41, 5.74) is 1.02. The van der Waals surface area contributed by atoms with Gasteiger partial charge in [-0.2, -0.15) is 0 Å². The van der Waals surface area contributed by atoms with Gasteiger partial charge in [0.05, 0.1) is 12.2 Å². The largest absolute Gasteiger partial charge is 0.457 e. The van der Waals surface area contributed by atoms with E-state index in [1.165, 1.54) is 12.1 Å². The minimum atomic E-state index is -0.491. The lowest BCUT2D eigenvalue weighted by atomic mass is 10.2. The van der Waals surface area contributed by atoms with Crippen molar-refractivity contribution in [3.05, 3.63) is 58.4 Å². The number of halogens is 2. The van der Waals surface area contributed by atoms with Gasteiger partial charge in [0.15, 0.2) is 0 Å². The van der Waals surface area contributed by atoms with Gasteiger partial charge in [-0.1, -0.05) is 23.7 Å². The summed E-state index contributed by atoms with van der Waals surface area (Å²) in [5.74, 6) is 0.348. The van der Waals surface area contributed by atoms with Gasteiger partial charge in [0.2, 0.25) is 0 Å². The lowest BCUT2D eigenvalue weighted by Crippen LogP contribution is -1.96. The van der Waals surface area contributed by atoms with Crippen LogP contribution < -0.4 is 4.74 Å². The predicted molar refractivity (Wildman–Crippen MR) is 68.6 cm³/mol. The van der Waals surface area contributed by atoms with E-state index in [-0.39, 0.29) is 5.56 Å². The van der Waals surface area contributed by atoms with Crippen molar-refractivity contribution in [3.8, 4) is 11.5 Å². The van der Waals surface area contributed by atoms with Crippen LogP contribution in [0.3, 0.4) is 0 Å². The molecule has 0 aliphatic carbocycles. The fraction of sp³-hybridized carbons (Fsp3) is 0.143. The summed E-state index contributed by atoms with van der Waals surface area (Å²) in [6.07, 6.45) is 0. The zero-order valence-electron chi connectivity index (χ0n) is 9.78. The van der Waals surface area contributed by atoms with Crippen LogP contribution in [0.1, 0.15) is 11.1 Å². The molecule has 0 spiro atoms. The zero-order chi connectivity index (χ0) is 13.1. The highest BCUT2D eigenvalue weighted by Gasteiger charge is 2.10. The Labute approximate surface area is 110 Å². The molecule has 4 heteroatoms. The van der Waals surface area contributed by atoms with E-state index < -0.39 is 12.4 Å². The molecule has 0 atom stereocenters. The number of benzene rings is 2. The number of rotatable bonds is 3. The SMILES string of the molecule is Cc1ccc(Cl)cc1Oc1cccc(F)c1CO. The molecule has 0 saturated carbocycles. The van der Waals surface area contributed by atoms with Crippen LogP contribution >= 0.6 is 11.6 Å². The molecule has 0 aliphatic rings. The predicted octanol–water partition coefficient (Wildman–Crippen LogP) is 4.07. The molecule has 0 saturated heterocycles. The Morgan fingerprint density at radius 2 is 2.00 bits per heavy atom. The Hall–Kier alpha value is -1.58. The molecular formula is C14H12ClFO2. The normalized spacial score (nSPS) is 10.4. The van der Waals surface area contributed by atoms with E-state index in [1.54, 1.807) is 18.2 Å². The average molecular weight is 267 g/mol. The maximum atomic E-state index is 13.5. The lowest BCUT2D eigenvalue weighted by molar-refractivity contribution is 0.270. The average Bonchev–Trinajstić information content (AvgIpc) is 2.34. The monoisotopic (exact) mass is 266 g/mol. The van der Waals surface area contributed by atoms with Gasteiger partial charge in [-0.15, -0.1) is 0 Å². The van der Waals surface area contributed by atoms with Gasteiger partial charge in [-0.05, 0) is 36.8 Å². The van der Waals surface area contributed by atoms with Crippen LogP contribution in [0, 0.1) is 12.7 Å². The fourth-order valence-electron chi connectivity index (χ4n) is 1.59. The summed E-state index contributed by atoms with van der Waals surface area (Å²) < 4.78 is 19.1. The molecule has 0 fully saturated rings. The van der Waals surface area contributed by atoms with Gasteiger partial charge < -0.3 is 9.84 Å². The summed E-state index contributed by atoms with van der Waals surface area (Å²) in [6, 6.07) is 9.64. The molecule has 2 aromatic rings. The molecule has 18 heavy (non-hydrogen) atoms. The highest BCUT2D eigenvalue weighted by molar-refractivity contribution is 6.30. The van der Waals surface area contributed by atoms with Gasteiger partial charge >= 0.3 is 0 Å². The summed E-state index contributed by atoms with van der Waals surface area (Å²) in [7, 11) is 0. The van der Waals surface area contributed by atoms with E-state index in [1.807, 2.05) is 13.0 Å². The zero-order valence-corrected chi connectivity index (χ0v) is 10.5. The highest BCUT2D eigenvalue weighted by atomic mass is 35.5. The Morgan fingerprint density at radius 1 is 1.22 bits per heavy atom. The van der Waals surface area contributed by atoms with E-state index in [9.17, 15) is 4.39 Å². The Kier molecular flexibility index (Phi) is 3.84. The number of aryl methyl sites for hydroxylation is 1. The second kappa shape index (κ2) is 5.38. The van der Waals surface area contributed by atoms with E-state index in [0.717, 1.165) is 5.56 Å². The second-order valence-corrected chi connectivity index (χ2v) is 4.32. The Morgan fingerprint density at radius 3 is 2.72 bits per heavy atom. The number of hydrogen-bond donors (Lipinski definition) is 1. The molecule has 0 heterocycles. The molecule has 0 unspecified atom stereocenters. The van der Waals surface area contributed by atoms with Gasteiger partial charge in [-0.3, -0.25) is 0 Å². The molecule has 2 rings (SSSR count). The van der Waals surface area contributed by atoms with Crippen LogP contribution in [0.5, 0.6) is 11.5 Å². The fourth-order valence-corrected chi connectivity index (χ4v) is 1.75. The molecule has 0 radical (unpaired) electrons. The number of ether oxygens (including phenoxy) is 1. The maximum absolute atomic E-state index is 13.5. The van der Waals surface area contributed by atoms with E-state index in [2.05, 4.69) is 0 Å². The molecule has 0 aliphatic heterocycles. The van der Waals surface area contributed by atoms with Crippen molar-refractivity contribution in [2.75, 3.05) is 0 Å². The number of aliphatic hydroxyl groups excluding tert-OH is 1.